The molecule has 0 bridgehead atoms. The lowest BCUT2D eigenvalue weighted by Gasteiger charge is -2.08. The van der Waals surface area contributed by atoms with Gasteiger partial charge >= 0.3 is 0 Å². The number of benzene rings is 1. The first-order chi connectivity index (χ1) is 7.41. The number of hydrogen-bond acceptors (Lipinski definition) is 3. The molecule has 6 N–H and O–H groups in total. The third kappa shape index (κ3) is 3.89. The van der Waals surface area contributed by atoms with Gasteiger partial charge in [-0.3, -0.25) is 9.59 Å². The van der Waals surface area contributed by atoms with E-state index in [0.29, 0.717) is 6.07 Å². The van der Waals surface area contributed by atoms with Crippen molar-refractivity contribution < 1.29 is 23.8 Å². The Kier molecular flexibility index (Phi) is 5.36. The maximum atomic E-state index is 13.2. The Balaban J connectivity index is 0.00000256. The normalized spacial score (nSPS) is 11.5. The SMILES string of the molecule is NC(=O)CC(N)C(=O)c1ccc(F)cc1F.O. The average molecular weight is 246 g/mol. The molecule has 0 radical (unpaired) electrons. The Bertz CT molecular complexity index is 438. The van der Waals surface area contributed by atoms with Crippen molar-refractivity contribution in [2.24, 2.45) is 11.5 Å². The predicted octanol–water partition coefficient (Wildman–Crippen LogP) is -0.475. The number of halogens is 2. The van der Waals surface area contributed by atoms with Crippen molar-refractivity contribution in [3.63, 3.8) is 0 Å². The average Bonchev–Trinajstić information content (AvgIpc) is 2.15. The molecule has 1 unspecified atom stereocenters. The van der Waals surface area contributed by atoms with Gasteiger partial charge in [0.2, 0.25) is 5.91 Å². The van der Waals surface area contributed by atoms with Crippen molar-refractivity contribution in [1.82, 2.24) is 0 Å². The predicted molar refractivity (Wildman–Crippen MR) is 56.1 cm³/mol. The standard InChI is InChI=1S/C10H10F2N2O2.H2O/c11-5-1-2-6(7(12)3-5)10(16)8(13)4-9(14)15;/h1-3,8H,4,13H2,(H2,14,15);1H2. The number of amides is 1. The first kappa shape index (κ1) is 15.1. The van der Waals surface area contributed by atoms with Crippen LogP contribution in [-0.4, -0.2) is 23.2 Å². The van der Waals surface area contributed by atoms with Crippen molar-refractivity contribution in [1.29, 1.82) is 0 Å². The Labute approximate surface area is 95.7 Å². The molecule has 94 valence electrons. The summed E-state index contributed by atoms with van der Waals surface area (Å²) >= 11 is 0. The minimum atomic E-state index is -1.21. The van der Waals surface area contributed by atoms with Crippen LogP contribution in [0.25, 0.3) is 0 Å². The van der Waals surface area contributed by atoms with Crippen molar-refractivity contribution in [2.75, 3.05) is 0 Å². The number of carbonyl (C=O) groups excluding carboxylic acids is 2. The van der Waals surface area contributed by atoms with Crippen LogP contribution >= 0.6 is 0 Å². The second-order valence-corrected chi connectivity index (χ2v) is 3.27. The molecule has 0 saturated heterocycles. The topological polar surface area (TPSA) is 118 Å². The van der Waals surface area contributed by atoms with Gasteiger partial charge in [-0.05, 0) is 12.1 Å². The van der Waals surface area contributed by atoms with E-state index in [2.05, 4.69) is 0 Å². The summed E-state index contributed by atoms with van der Waals surface area (Å²) in [6.07, 6.45) is -0.379. The summed E-state index contributed by atoms with van der Waals surface area (Å²) in [5.74, 6) is -3.35. The highest BCUT2D eigenvalue weighted by Crippen LogP contribution is 2.12. The second-order valence-electron chi connectivity index (χ2n) is 3.27. The van der Waals surface area contributed by atoms with Crippen molar-refractivity contribution >= 4 is 11.7 Å². The zero-order valence-corrected chi connectivity index (χ0v) is 8.74. The van der Waals surface area contributed by atoms with E-state index in [0.717, 1.165) is 12.1 Å². The lowest BCUT2D eigenvalue weighted by Crippen LogP contribution is -2.35. The van der Waals surface area contributed by atoms with Crippen LogP contribution < -0.4 is 11.5 Å². The molecule has 1 amide bonds. The lowest BCUT2D eigenvalue weighted by molar-refractivity contribution is -0.118. The van der Waals surface area contributed by atoms with Crippen LogP contribution in [0.1, 0.15) is 16.8 Å². The molecule has 0 aliphatic rings. The maximum Gasteiger partial charge on any atom is 0.219 e. The summed E-state index contributed by atoms with van der Waals surface area (Å²) in [4.78, 5) is 22.0. The van der Waals surface area contributed by atoms with E-state index in [4.69, 9.17) is 11.5 Å². The Hall–Kier alpha value is -1.86. The van der Waals surface area contributed by atoms with Gasteiger partial charge in [0.15, 0.2) is 5.78 Å². The van der Waals surface area contributed by atoms with Gasteiger partial charge in [-0.2, -0.15) is 0 Å². The van der Waals surface area contributed by atoms with Crippen LogP contribution in [0.3, 0.4) is 0 Å². The minimum absolute atomic E-state index is 0. The molecule has 5 nitrogen and oxygen atoms in total. The molecule has 0 spiro atoms. The third-order valence-corrected chi connectivity index (χ3v) is 1.95. The van der Waals surface area contributed by atoms with E-state index in [1.165, 1.54) is 0 Å². The first-order valence-electron chi connectivity index (χ1n) is 4.45. The van der Waals surface area contributed by atoms with Gasteiger partial charge in [-0.15, -0.1) is 0 Å². The first-order valence-corrected chi connectivity index (χ1v) is 4.45. The zero-order chi connectivity index (χ0) is 12.3. The molecule has 1 aromatic rings. The Morgan fingerprint density at radius 3 is 2.35 bits per heavy atom. The van der Waals surface area contributed by atoms with E-state index in [9.17, 15) is 18.4 Å². The maximum absolute atomic E-state index is 13.2. The molecule has 0 saturated carbocycles. The second kappa shape index (κ2) is 6.02. The Morgan fingerprint density at radius 1 is 1.29 bits per heavy atom. The molecule has 1 rings (SSSR count). The number of nitrogens with two attached hydrogens (primary N) is 2. The number of primary amides is 1. The molecule has 1 atom stereocenters. The van der Waals surface area contributed by atoms with Gasteiger partial charge in [0, 0.05) is 12.5 Å². The third-order valence-electron chi connectivity index (χ3n) is 1.95. The van der Waals surface area contributed by atoms with Gasteiger partial charge in [0.25, 0.3) is 0 Å². The van der Waals surface area contributed by atoms with E-state index in [1.807, 2.05) is 0 Å². The molecule has 0 heterocycles. The molecule has 0 aliphatic heterocycles. The molecule has 17 heavy (non-hydrogen) atoms. The highest BCUT2D eigenvalue weighted by Gasteiger charge is 2.21. The molecule has 0 aromatic heterocycles. The highest BCUT2D eigenvalue weighted by atomic mass is 19.1. The van der Waals surface area contributed by atoms with Crippen molar-refractivity contribution in [3.8, 4) is 0 Å². The summed E-state index contributed by atoms with van der Waals surface area (Å²) in [5.41, 5.74) is 9.84. The van der Waals surface area contributed by atoms with Crippen LogP contribution in [0.4, 0.5) is 8.78 Å². The van der Waals surface area contributed by atoms with Gasteiger partial charge in [0.05, 0.1) is 11.6 Å². The molecule has 1 aromatic carbocycles. The molecular weight excluding hydrogens is 234 g/mol. The van der Waals surface area contributed by atoms with E-state index < -0.39 is 29.4 Å². The highest BCUT2D eigenvalue weighted by molar-refractivity contribution is 6.02. The summed E-state index contributed by atoms with van der Waals surface area (Å²) < 4.78 is 25.7. The van der Waals surface area contributed by atoms with Gasteiger partial charge < -0.3 is 16.9 Å². The van der Waals surface area contributed by atoms with Gasteiger partial charge in [0.1, 0.15) is 11.6 Å². The zero-order valence-electron chi connectivity index (χ0n) is 8.74. The summed E-state index contributed by atoms with van der Waals surface area (Å²) in [7, 11) is 0. The van der Waals surface area contributed by atoms with Crippen LogP contribution in [0.5, 0.6) is 0 Å². The molecule has 7 heteroatoms. The quantitative estimate of drug-likeness (QED) is 0.699. The number of carbonyl (C=O) groups is 2. The van der Waals surface area contributed by atoms with E-state index in [1.54, 1.807) is 0 Å². The summed E-state index contributed by atoms with van der Waals surface area (Å²) in [6, 6.07) is 1.28. The van der Waals surface area contributed by atoms with E-state index in [-0.39, 0.29) is 17.5 Å². The minimum Gasteiger partial charge on any atom is -0.412 e. The largest absolute Gasteiger partial charge is 0.412 e. The Morgan fingerprint density at radius 2 is 1.88 bits per heavy atom. The summed E-state index contributed by atoms with van der Waals surface area (Å²) in [5, 5.41) is 0. The smallest absolute Gasteiger partial charge is 0.219 e. The molecule has 0 fully saturated rings. The number of ketones is 1. The molecular formula is C10H12F2N2O3. The fraction of sp³-hybridized carbons (Fsp3) is 0.200. The fourth-order valence-electron chi connectivity index (χ4n) is 1.20. The van der Waals surface area contributed by atoms with Crippen LogP contribution in [-0.2, 0) is 4.79 Å². The van der Waals surface area contributed by atoms with E-state index >= 15 is 0 Å². The van der Waals surface area contributed by atoms with Crippen molar-refractivity contribution in [2.45, 2.75) is 12.5 Å². The number of hydrogen-bond donors (Lipinski definition) is 2. The molecule has 0 aliphatic carbocycles. The monoisotopic (exact) mass is 246 g/mol. The number of Topliss-reactive ketones (excluding diaryl/α,β-unsaturated/α-hetero) is 1. The summed E-state index contributed by atoms with van der Waals surface area (Å²) in [6.45, 7) is 0. The fourth-order valence-corrected chi connectivity index (χ4v) is 1.20. The van der Waals surface area contributed by atoms with Crippen LogP contribution in [0.15, 0.2) is 18.2 Å². The van der Waals surface area contributed by atoms with Gasteiger partial charge in [-0.25, -0.2) is 8.78 Å². The van der Waals surface area contributed by atoms with Crippen LogP contribution in [0.2, 0.25) is 0 Å². The van der Waals surface area contributed by atoms with Crippen molar-refractivity contribution in [3.05, 3.63) is 35.4 Å². The van der Waals surface area contributed by atoms with Gasteiger partial charge in [-0.1, -0.05) is 0 Å². The van der Waals surface area contributed by atoms with Crippen LogP contribution in [0, 0.1) is 11.6 Å². The number of rotatable bonds is 4. The lowest BCUT2D eigenvalue weighted by atomic mass is 10.0.